The minimum Gasteiger partial charge on any atom is -0.198 e. The molecule has 0 aliphatic heterocycles. The van der Waals surface area contributed by atoms with E-state index >= 15 is 0 Å². The summed E-state index contributed by atoms with van der Waals surface area (Å²) >= 11 is 0. The lowest BCUT2D eigenvalue weighted by molar-refractivity contribution is -0.720. The van der Waals surface area contributed by atoms with Crippen molar-refractivity contribution < 1.29 is 9.13 Å². The van der Waals surface area contributed by atoms with Gasteiger partial charge in [0.2, 0.25) is 16.7 Å². The predicted molar refractivity (Wildman–Crippen MR) is 122 cm³/mol. The van der Waals surface area contributed by atoms with Gasteiger partial charge in [-0.2, -0.15) is 9.13 Å². The van der Waals surface area contributed by atoms with Gasteiger partial charge in [-0.15, -0.1) is 0 Å². The van der Waals surface area contributed by atoms with Crippen LogP contribution in [0.5, 0.6) is 0 Å². The maximum absolute atomic E-state index is 2.47. The molecule has 4 aromatic rings. The lowest BCUT2D eigenvalue weighted by atomic mass is 9.90. The summed E-state index contributed by atoms with van der Waals surface area (Å²) in [6, 6.07) is 24.5. The first-order chi connectivity index (χ1) is 13.6. The average Bonchev–Trinajstić information content (AvgIpc) is 2.65. The third-order valence-corrected chi connectivity index (χ3v) is 5.75. The molecule has 2 aromatic carbocycles. The van der Waals surface area contributed by atoms with Crippen LogP contribution in [0.15, 0.2) is 66.7 Å². The van der Waals surface area contributed by atoms with Crippen LogP contribution in [0.1, 0.15) is 47.2 Å². The summed E-state index contributed by atoms with van der Waals surface area (Å²) in [7, 11) is 2.19. The molecule has 0 saturated carbocycles. The number of aromatic nitrogens is 2. The summed E-state index contributed by atoms with van der Waals surface area (Å²) in [6.07, 6.45) is 0. The van der Waals surface area contributed by atoms with Crippen LogP contribution < -0.4 is 9.13 Å². The molecule has 4 rings (SSSR count). The summed E-state index contributed by atoms with van der Waals surface area (Å²) in [5.41, 5.74) is 6.45. The SMILES string of the molecule is C[n+]1c(C(C)(C)C)ccc2ccc(-c3ccc4ccccc4[n+]3C(C)(C)C)cc21. The third kappa shape index (κ3) is 3.42. The van der Waals surface area contributed by atoms with Gasteiger partial charge in [-0.3, -0.25) is 0 Å². The minimum atomic E-state index is -0.0272. The van der Waals surface area contributed by atoms with Gasteiger partial charge in [0.15, 0.2) is 11.2 Å². The molecule has 0 atom stereocenters. The highest BCUT2D eigenvalue weighted by atomic mass is 15.0. The molecule has 0 radical (unpaired) electrons. The Morgan fingerprint density at radius 3 is 1.97 bits per heavy atom. The second-order valence-electron chi connectivity index (χ2n) is 10.1. The number of pyridine rings is 2. The molecule has 0 N–H and O–H groups in total. The topological polar surface area (TPSA) is 7.76 Å². The number of rotatable bonds is 1. The van der Waals surface area contributed by atoms with Crippen molar-refractivity contribution >= 4 is 21.8 Å². The van der Waals surface area contributed by atoms with Crippen LogP contribution in [-0.4, -0.2) is 0 Å². The fourth-order valence-electron chi connectivity index (χ4n) is 4.45. The maximum Gasteiger partial charge on any atom is 0.213 e. The Balaban J connectivity index is 2.02. The predicted octanol–water partition coefficient (Wildman–Crippen LogP) is 5.82. The Bertz CT molecular complexity index is 1220. The molecule has 148 valence electrons. The van der Waals surface area contributed by atoms with Gasteiger partial charge < -0.3 is 0 Å². The van der Waals surface area contributed by atoms with Gasteiger partial charge in [0.25, 0.3) is 0 Å². The second kappa shape index (κ2) is 6.66. The van der Waals surface area contributed by atoms with Crippen LogP contribution in [-0.2, 0) is 18.0 Å². The smallest absolute Gasteiger partial charge is 0.198 e. The third-order valence-electron chi connectivity index (χ3n) is 5.75. The Kier molecular flexibility index (Phi) is 4.49. The van der Waals surface area contributed by atoms with E-state index in [1.807, 2.05) is 0 Å². The number of nitrogens with zero attached hydrogens (tertiary/aromatic N) is 2. The summed E-state index contributed by atoms with van der Waals surface area (Å²) < 4.78 is 4.82. The molecule has 0 fully saturated rings. The molecular weight excluding hydrogens is 352 g/mol. The number of para-hydroxylation sites is 1. The molecule has 0 spiro atoms. The van der Waals surface area contributed by atoms with Crippen molar-refractivity contribution in [2.75, 3.05) is 0 Å². The van der Waals surface area contributed by atoms with E-state index < -0.39 is 0 Å². The normalized spacial score (nSPS) is 12.7. The van der Waals surface area contributed by atoms with E-state index in [0.29, 0.717) is 0 Å². The van der Waals surface area contributed by atoms with Crippen molar-refractivity contribution in [3.63, 3.8) is 0 Å². The Labute approximate surface area is 174 Å². The number of hydrogen-bond acceptors (Lipinski definition) is 0. The molecule has 0 amide bonds. The summed E-state index contributed by atoms with van der Waals surface area (Å²) in [4.78, 5) is 0. The summed E-state index contributed by atoms with van der Waals surface area (Å²) in [5, 5.41) is 2.54. The molecular formula is C27H32N2+2. The van der Waals surface area contributed by atoms with E-state index in [1.54, 1.807) is 0 Å². The van der Waals surface area contributed by atoms with E-state index in [1.165, 1.54) is 38.8 Å². The van der Waals surface area contributed by atoms with Gasteiger partial charge in [0.1, 0.15) is 7.05 Å². The first-order valence-electron chi connectivity index (χ1n) is 10.5. The van der Waals surface area contributed by atoms with Crippen molar-refractivity contribution in [1.29, 1.82) is 0 Å². The number of fused-ring (bicyclic) bond motifs is 2. The zero-order valence-electron chi connectivity index (χ0n) is 18.7. The molecule has 0 bridgehead atoms. The standard InChI is InChI=1S/C27H32N2/c1-26(2,3)25-17-15-20-12-13-21(18-24(20)28(25)7)23-16-14-19-10-8-9-11-22(19)29(23)27(4,5)6/h8-18H,1-7H3/q+2. The number of hydrogen-bond donors (Lipinski definition) is 0. The van der Waals surface area contributed by atoms with Crippen LogP contribution in [0.25, 0.3) is 33.1 Å². The molecule has 0 aliphatic carbocycles. The highest BCUT2D eigenvalue weighted by Gasteiger charge is 2.30. The lowest BCUT2D eigenvalue weighted by Gasteiger charge is -2.19. The fourth-order valence-corrected chi connectivity index (χ4v) is 4.45. The summed E-state index contributed by atoms with van der Waals surface area (Å²) in [6.45, 7) is 13.7. The van der Waals surface area contributed by atoms with Crippen molar-refractivity contribution in [2.45, 2.75) is 52.5 Å². The van der Waals surface area contributed by atoms with Crippen molar-refractivity contribution in [3.05, 3.63) is 72.4 Å². The molecule has 2 aromatic heterocycles. The van der Waals surface area contributed by atoms with Gasteiger partial charge >= 0.3 is 0 Å². The van der Waals surface area contributed by atoms with E-state index in [-0.39, 0.29) is 11.0 Å². The van der Waals surface area contributed by atoms with Gasteiger partial charge in [-0.05, 0) is 30.3 Å². The number of benzene rings is 2. The van der Waals surface area contributed by atoms with Gasteiger partial charge in [0.05, 0.1) is 5.56 Å². The zero-order valence-corrected chi connectivity index (χ0v) is 18.7. The van der Waals surface area contributed by atoms with E-state index in [2.05, 4.69) is 124 Å². The minimum absolute atomic E-state index is 0.0272. The Hall–Kier alpha value is -2.74. The zero-order chi connectivity index (χ0) is 21.0. The van der Waals surface area contributed by atoms with Crippen molar-refractivity contribution in [3.8, 4) is 11.3 Å². The molecule has 2 nitrogen and oxygen atoms in total. The lowest BCUT2D eigenvalue weighted by Crippen LogP contribution is -2.52. The van der Waals surface area contributed by atoms with Gasteiger partial charge in [-0.25, -0.2) is 0 Å². The molecule has 0 aliphatic rings. The molecule has 0 unspecified atom stereocenters. The van der Waals surface area contributed by atoms with E-state index in [4.69, 9.17) is 0 Å². The van der Waals surface area contributed by atoms with Gasteiger partial charge in [0, 0.05) is 61.2 Å². The first kappa shape index (κ1) is 19.6. The van der Waals surface area contributed by atoms with Crippen LogP contribution in [0.4, 0.5) is 0 Å². The van der Waals surface area contributed by atoms with Crippen LogP contribution in [0.3, 0.4) is 0 Å². The Morgan fingerprint density at radius 1 is 0.655 bits per heavy atom. The highest BCUT2D eigenvalue weighted by molar-refractivity contribution is 5.82. The summed E-state index contributed by atoms with van der Waals surface area (Å²) in [5.74, 6) is 0. The largest absolute Gasteiger partial charge is 0.213 e. The van der Waals surface area contributed by atoms with Crippen LogP contribution in [0, 0.1) is 0 Å². The fraction of sp³-hybridized carbons (Fsp3) is 0.333. The maximum atomic E-state index is 2.47. The Morgan fingerprint density at radius 2 is 1.28 bits per heavy atom. The second-order valence-corrected chi connectivity index (χ2v) is 10.1. The molecule has 29 heavy (non-hydrogen) atoms. The molecule has 0 saturated heterocycles. The molecule has 2 heterocycles. The van der Waals surface area contributed by atoms with Crippen molar-refractivity contribution in [2.24, 2.45) is 7.05 Å². The van der Waals surface area contributed by atoms with Gasteiger partial charge in [-0.1, -0.05) is 32.9 Å². The first-order valence-corrected chi connectivity index (χ1v) is 10.5. The average molecular weight is 385 g/mol. The van der Waals surface area contributed by atoms with Crippen LogP contribution in [0.2, 0.25) is 0 Å². The van der Waals surface area contributed by atoms with E-state index in [0.717, 1.165) is 0 Å². The molecule has 2 heteroatoms. The monoisotopic (exact) mass is 384 g/mol. The highest BCUT2D eigenvalue weighted by Crippen LogP contribution is 2.27. The van der Waals surface area contributed by atoms with Crippen LogP contribution >= 0.6 is 0 Å². The number of aryl methyl sites for hydroxylation is 1. The van der Waals surface area contributed by atoms with E-state index in [9.17, 15) is 0 Å². The van der Waals surface area contributed by atoms with Crippen molar-refractivity contribution in [1.82, 2.24) is 0 Å². The quantitative estimate of drug-likeness (QED) is 0.365.